The van der Waals surface area contributed by atoms with Crippen molar-refractivity contribution in [3.05, 3.63) is 59.2 Å². The predicted octanol–water partition coefficient (Wildman–Crippen LogP) is 3.40. The van der Waals surface area contributed by atoms with Crippen LogP contribution in [0.2, 0.25) is 0 Å². The van der Waals surface area contributed by atoms with Crippen molar-refractivity contribution in [2.24, 2.45) is 5.73 Å². The Morgan fingerprint density at radius 3 is 2.12 bits per heavy atom. The Morgan fingerprint density at radius 1 is 0.941 bits per heavy atom. The highest BCUT2D eigenvalue weighted by Gasteiger charge is 2.08. The molecule has 0 amide bonds. The highest BCUT2D eigenvalue weighted by molar-refractivity contribution is 5.70. The molecule has 0 aliphatic rings. The van der Waals surface area contributed by atoms with Crippen LogP contribution >= 0.6 is 0 Å². The third-order valence-corrected chi connectivity index (χ3v) is 2.77. The summed E-state index contributed by atoms with van der Waals surface area (Å²) in [6.45, 7) is 2.08. The lowest BCUT2D eigenvalue weighted by atomic mass is 9.96. The maximum Gasteiger partial charge on any atom is 0.123 e. The van der Waals surface area contributed by atoms with E-state index in [0.717, 1.165) is 22.3 Å². The average Bonchev–Trinajstić information content (AvgIpc) is 2.30. The summed E-state index contributed by atoms with van der Waals surface area (Å²) >= 11 is 0. The number of benzene rings is 2. The monoisotopic (exact) mass is 233 g/mol. The molecule has 0 fully saturated rings. The van der Waals surface area contributed by atoms with E-state index in [4.69, 9.17) is 5.73 Å². The Hall–Kier alpha value is -1.74. The van der Waals surface area contributed by atoms with Gasteiger partial charge in [-0.25, -0.2) is 8.78 Å². The normalized spacial score (nSPS) is 10.6. The fourth-order valence-corrected chi connectivity index (χ4v) is 1.92. The molecule has 0 bridgehead atoms. The van der Waals surface area contributed by atoms with E-state index in [-0.39, 0.29) is 18.2 Å². The summed E-state index contributed by atoms with van der Waals surface area (Å²) in [4.78, 5) is 0. The van der Waals surface area contributed by atoms with Crippen molar-refractivity contribution < 1.29 is 8.78 Å². The van der Waals surface area contributed by atoms with Crippen LogP contribution in [0.5, 0.6) is 0 Å². The molecule has 2 N–H and O–H groups in total. The minimum absolute atomic E-state index is 0.254. The number of aryl methyl sites for hydroxylation is 1. The molecule has 88 valence electrons. The first-order valence-corrected chi connectivity index (χ1v) is 5.37. The van der Waals surface area contributed by atoms with Crippen LogP contribution < -0.4 is 5.73 Å². The topological polar surface area (TPSA) is 26.0 Å². The molecule has 2 aromatic rings. The zero-order chi connectivity index (χ0) is 12.4. The second-order valence-corrected chi connectivity index (χ2v) is 3.96. The van der Waals surface area contributed by atoms with Crippen LogP contribution in [-0.4, -0.2) is 0 Å². The molecule has 0 heterocycles. The number of rotatable bonds is 2. The largest absolute Gasteiger partial charge is 0.326 e. The number of nitrogens with two attached hydrogens (primary N) is 1. The Kier molecular flexibility index (Phi) is 3.20. The van der Waals surface area contributed by atoms with E-state index in [1.807, 2.05) is 6.92 Å². The number of hydrogen-bond acceptors (Lipinski definition) is 1. The lowest BCUT2D eigenvalue weighted by Gasteiger charge is -2.11. The molecular weight excluding hydrogens is 220 g/mol. The van der Waals surface area contributed by atoms with Crippen LogP contribution in [-0.2, 0) is 6.54 Å². The highest BCUT2D eigenvalue weighted by atomic mass is 19.1. The summed E-state index contributed by atoms with van der Waals surface area (Å²) in [6, 6.07) is 9.02. The highest BCUT2D eigenvalue weighted by Crippen LogP contribution is 2.27. The van der Waals surface area contributed by atoms with Gasteiger partial charge in [-0.1, -0.05) is 12.1 Å². The Labute approximate surface area is 98.9 Å². The van der Waals surface area contributed by atoms with Crippen molar-refractivity contribution in [3.63, 3.8) is 0 Å². The Balaban J connectivity index is 2.60. The van der Waals surface area contributed by atoms with Crippen molar-refractivity contribution in [1.29, 1.82) is 0 Å². The SMILES string of the molecule is Cc1cc(F)ccc1-c1ccc(F)cc1CN. The molecule has 0 saturated heterocycles. The van der Waals surface area contributed by atoms with E-state index < -0.39 is 0 Å². The van der Waals surface area contributed by atoms with Gasteiger partial charge in [0, 0.05) is 6.54 Å². The van der Waals surface area contributed by atoms with Gasteiger partial charge in [0.05, 0.1) is 0 Å². The van der Waals surface area contributed by atoms with Crippen LogP contribution in [0.25, 0.3) is 11.1 Å². The summed E-state index contributed by atoms with van der Waals surface area (Å²) in [5.41, 5.74) is 8.86. The fourth-order valence-electron chi connectivity index (χ4n) is 1.92. The Morgan fingerprint density at radius 2 is 1.53 bits per heavy atom. The molecule has 0 aromatic heterocycles. The van der Waals surface area contributed by atoms with Crippen molar-refractivity contribution in [1.82, 2.24) is 0 Å². The van der Waals surface area contributed by atoms with Crippen LogP contribution in [0.4, 0.5) is 8.78 Å². The lowest BCUT2D eigenvalue weighted by Crippen LogP contribution is -2.00. The van der Waals surface area contributed by atoms with Crippen molar-refractivity contribution in [3.8, 4) is 11.1 Å². The van der Waals surface area contributed by atoms with Gasteiger partial charge in [-0.15, -0.1) is 0 Å². The third kappa shape index (κ3) is 2.34. The van der Waals surface area contributed by atoms with E-state index in [0.29, 0.717) is 0 Å². The molecule has 0 aliphatic heterocycles. The predicted molar refractivity (Wildman–Crippen MR) is 64.4 cm³/mol. The van der Waals surface area contributed by atoms with Crippen molar-refractivity contribution >= 4 is 0 Å². The molecular formula is C14H13F2N. The first-order valence-electron chi connectivity index (χ1n) is 5.37. The van der Waals surface area contributed by atoms with E-state index in [1.54, 1.807) is 12.1 Å². The maximum absolute atomic E-state index is 13.1. The van der Waals surface area contributed by atoms with Gasteiger partial charge < -0.3 is 5.73 Å². The van der Waals surface area contributed by atoms with E-state index in [2.05, 4.69) is 0 Å². The molecule has 17 heavy (non-hydrogen) atoms. The number of halogens is 2. The molecule has 0 unspecified atom stereocenters. The molecule has 0 radical (unpaired) electrons. The first-order chi connectivity index (χ1) is 8.11. The quantitative estimate of drug-likeness (QED) is 0.845. The molecule has 1 nitrogen and oxygen atoms in total. The second-order valence-electron chi connectivity index (χ2n) is 3.96. The minimum Gasteiger partial charge on any atom is -0.326 e. The first kappa shape index (κ1) is 11.7. The zero-order valence-electron chi connectivity index (χ0n) is 9.50. The van der Waals surface area contributed by atoms with Crippen LogP contribution in [0.15, 0.2) is 36.4 Å². The molecule has 0 aliphatic carbocycles. The summed E-state index contributed by atoms with van der Waals surface area (Å²) in [5, 5.41) is 0. The molecule has 0 saturated carbocycles. The molecule has 0 spiro atoms. The van der Waals surface area contributed by atoms with Gasteiger partial charge in [-0.2, -0.15) is 0 Å². The standard InChI is InChI=1S/C14H13F2N/c1-9-6-11(15)2-4-13(9)14-5-3-12(16)7-10(14)8-17/h2-7H,8,17H2,1H3. The van der Waals surface area contributed by atoms with Crippen LogP contribution in [0.1, 0.15) is 11.1 Å². The van der Waals surface area contributed by atoms with Crippen molar-refractivity contribution in [2.45, 2.75) is 13.5 Å². The zero-order valence-corrected chi connectivity index (χ0v) is 9.50. The van der Waals surface area contributed by atoms with Gasteiger partial charge in [0.15, 0.2) is 0 Å². The summed E-state index contributed by atoms with van der Waals surface area (Å²) < 4.78 is 26.1. The number of hydrogen-bond donors (Lipinski definition) is 1. The molecule has 0 atom stereocenters. The lowest BCUT2D eigenvalue weighted by molar-refractivity contribution is 0.625. The van der Waals surface area contributed by atoms with E-state index in [1.165, 1.54) is 24.3 Å². The van der Waals surface area contributed by atoms with Crippen LogP contribution in [0.3, 0.4) is 0 Å². The van der Waals surface area contributed by atoms with Gasteiger partial charge >= 0.3 is 0 Å². The van der Waals surface area contributed by atoms with E-state index >= 15 is 0 Å². The maximum atomic E-state index is 13.1. The smallest absolute Gasteiger partial charge is 0.123 e. The second kappa shape index (κ2) is 4.63. The molecule has 2 rings (SSSR count). The molecule has 2 aromatic carbocycles. The van der Waals surface area contributed by atoms with Crippen molar-refractivity contribution in [2.75, 3.05) is 0 Å². The summed E-state index contributed by atoms with van der Waals surface area (Å²) in [6.07, 6.45) is 0. The fraction of sp³-hybridized carbons (Fsp3) is 0.143. The van der Waals surface area contributed by atoms with Gasteiger partial charge in [-0.3, -0.25) is 0 Å². The minimum atomic E-state index is -0.311. The van der Waals surface area contributed by atoms with Gasteiger partial charge in [-0.05, 0) is 53.4 Å². The van der Waals surface area contributed by atoms with Gasteiger partial charge in [0.2, 0.25) is 0 Å². The van der Waals surface area contributed by atoms with Gasteiger partial charge in [0.25, 0.3) is 0 Å². The third-order valence-electron chi connectivity index (χ3n) is 2.77. The van der Waals surface area contributed by atoms with Crippen LogP contribution in [0, 0.1) is 18.6 Å². The summed E-state index contributed by atoms with van der Waals surface area (Å²) in [5.74, 6) is -0.586. The summed E-state index contributed by atoms with van der Waals surface area (Å²) in [7, 11) is 0. The molecule has 3 heteroatoms. The Bertz CT molecular complexity index is 550. The van der Waals surface area contributed by atoms with E-state index in [9.17, 15) is 8.78 Å². The average molecular weight is 233 g/mol. The van der Waals surface area contributed by atoms with Gasteiger partial charge in [0.1, 0.15) is 11.6 Å².